The van der Waals surface area contributed by atoms with E-state index in [-0.39, 0.29) is 23.9 Å². The summed E-state index contributed by atoms with van der Waals surface area (Å²) in [5.74, 6) is -0.361. The van der Waals surface area contributed by atoms with Crippen LogP contribution >= 0.6 is 0 Å². The fourth-order valence-electron chi connectivity index (χ4n) is 2.07. The summed E-state index contributed by atoms with van der Waals surface area (Å²) < 4.78 is 26.5. The maximum absolute atomic E-state index is 12.7. The molecule has 1 aromatic carbocycles. The normalized spacial score (nSPS) is 12.0. The number of amides is 1. The Morgan fingerprint density at radius 2 is 2.14 bits per heavy atom. The maximum atomic E-state index is 12.7. The number of aromatic nitrogens is 1. The highest BCUT2D eigenvalue weighted by atomic mass is 32.2. The van der Waals surface area contributed by atoms with Crippen molar-refractivity contribution < 1.29 is 13.2 Å². The second-order valence-electron chi connectivity index (χ2n) is 4.56. The van der Waals surface area contributed by atoms with Crippen molar-refractivity contribution in [2.45, 2.75) is 11.8 Å². The topological polar surface area (TPSA) is 108 Å². The summed E-state index contributed by atoms with van der Waals surface area (Å²) in [7, 11) is -2.30. The van der Waals surface area contributed by atoms with Crippen molar-refractivity contribution in [3.05, 3.63) is 24.4 Å². The minimum atomic E-state index is -3.77. The lowest BCUT2D eigenvalue weighted by Crippen LogP contribution is -2.39. The number of anilines is 1. The van der Waals surface area contributed by atoms with Crippen LogP contribution in [0.3, 0.4) is 0 Å². The standard InChI is InChI=1S/C13H18N4O3S/c1-3-17(8-13(18)15-2)21(19,20)12-7-16-11-5-4-9(14)6-10(11)12/h4-7,16H,3,8,14H2,1-2H3,(H,15,18). The Balaban J connectivity index is 2.49. The minimum absolute atomic E-state index is 0.121. The number of fused-ring (bicyclic) bond motifs is 1. The van der Waals surface area contributed by atoms with Crippen LogP contribution in [0, 0.1) is 0 Å². The molecular formula is C13H18N4O3S. The first-order valence-electron chi connectivity index (χ1n) is 6.47. The van der Waals surface area contributed by atoms with Crippen LogP contribution < -0.4 is 11.1 Å². The van der Waals surface area contributed by atoms with Gasteiger partial charge in [0.05, 0.1) is 6.54 Å². The SMILES string of the molecule is CCN(CC(=O)NC)S(=O)(=O)c1c[nH]c2ccc(N)cc12. The van der Waals surface area contributed by atoms with E-state index in [4.69, 9.17) is 5.73 Å². The first-order chi connectivity index (χ1) is 9.90. The number of aromatic amines is 1. The average Bonchev–Trinajstić information content (AvgIpc) is 2.87. The van der Waals surface area contributed by atoms with E-state index in [1.54, 1.807) is 25.1 Å². The molecule has 7 nitrogen and oxygen atoms in total. The van der Waals surface area contributed by atoms with Gasteiger partial charge in [-0.05, 0) is 18.2 Å². The third kappa shape index (κ3) is 2.86. The van der Waals surface area contributed by atoms with E-state index in [1.807, 2.05) is 0 Å². The second-order valence-corrected chi connectivity index (χ2v) is 6.47. The molecule has 0 spiro atoms. The highest BCUT2D eigenvalue weighted by molar-refractivity contribution is 7.89. The van der Waals surface area contributed by atoms with Crippen molar-refractivity contribution in [1.82, 2.24) is 14.6 Å². The van der Waals surface area contributed by atoms with Gasteiger partial charge in [-0.3, -0.25) is 4.79 Å². The summed E-state index contributed by atoms with van der Waals surface area (Å²) in [6.07, 6.45) is 1.42. The van der Waals surface area contributed by atoms with Crippen molar-refractivity contribution in [2.24, 2.45) is 0 Å². The van der Waals surface area contributed by atoms with Crippen LogP contribution in [0.25, 0.3) is 10.9 Å². The summed E-state index contributed by atoms with van der Waals surface area (Å²) in [6, 6.07) is 5.02. The Morgan fingerprint density at radius 3 is 2.76 bits per heavy atom. The molecule has 2 rings (SSSR count). The zero-order valence-electron chi connectivity index (χ0n) is 11.9. The van der Waals surface area contributed by atoms with Crippen LogP contribution in [0.4, 0.5) is 5.69 Å². The molecular weight excluding hydrogens is 292 g/mol. The van der Waals surface area contributed by atoms with Gasteiger partial charge in [0.2, 0.25) is 15.9 Å². The molecule has 1 aromatic heterocycles. The third-order valence-corrected chi connectivity index (χ3v) is 5.20. The Kier molecular flexibility index (Phi) is 4.19. The van der Waals surface area contributed by atoms with Gasteiger partial charge in [0.15, 0.2) is 0 Å². The first kappa shape index (κ1) is 15.3. The number of H-pyrrole nitrogens is 1. The number of likely N-dealkylation sites (N-methyl/N-ethyl adjacent to an activating group) is 2. The number of sulfonamides is 1. The van der Waals surface area contributed by atoms with Crippen LogP contribution in [0.15, 0.2) is 29.3 Å². The zero-order valence-corrected chi connectivity index (χ0v) is 12.7. The van der Waals surface area contributed by atoms with Gasteiger partial charge in [-0.2, -0.15) is 4.31 Å². The van der Waals surface area contributed by atoms with Crippen molar-refractivity contribution in [2.75, 3.05) is 25.9 Å². The predicted octanol–water partition coefficient (Wildman–Crippen LogP) is 0.507. The Labute approximate surface area is 123 Å². The number of nitrogen functional groups attached to an aromatic ring is 1. The summed E-state index contributed by atoms with van der Waals surface area (Å²) in [5.41, 5.74) is 6.88. The van der Waals surface area contributed by atoms with Crippen LogP contribution in [0.2, 0.25) is 0 Å². The Hall–Kier alpha value is -2.06. The van der Waals surface area contributed by atoms with Gasteiger partial charge in [0, 0.05) is 36.4 Å². The number of nitrogens with one attached hydrogen (secondary N) is 2. The molecule has 0 atom stereocenters. The quantitative estimate of drug-likeness (QED) is 0.699. The number of carbonyl (C=O) groups is 1. The van der Waals surface area contributed by atoms with Crippen LogP contribution in [0.5, 0.6) is 0 Å². The highest BCUT2D eigenvalue weighted by Crippen LogP contribution is 2.27. The van der Waals surface area contributed by atoms with E-state index in [0.29, 0.717) is 16.6 Å². The van der Waals surface area contributed by atoms with Crippen molar-refractivity contribution in [3.8, 4) is 0 Å². The van der Waals surface area contributed by atoms with Crippen molar-refractivity contribution in [1.29, 1.82) is 0 Å². The molecule has 0 aliphatic heterocycles. The molecule has 0 fully saturated rings. The van der Waals surface area contributed by atoms with Gasteiger partial charge < -0.3 is 16.0 Å². The molecule has 2 aromatic rings. The molecule has 0 unspecified atom stereocenters. The number of benzene rings is 1. The van der Waals surface area contributed by atoms with Crippen LogP contribution in [-0.2, 0) is 14.8 Å². The number of nitrogens with two attached hydrogens (primary N) is 1. The Morgan fingerprint density at radius 1 is 1.43 bits per heavy atom. The highest BCUT2D eigenvalue weighted by Gasteiger charge is 2.27. The monoisotopic (exact) mass is 310 g/mol. The van der Waals surface area contributed by atoms with E-state index in [2.05, 4.69) is 10.3 Å². The molecule has 21 heavy (non-hydrogen) atoms. The molecule has 0 bridgehead atoms. The molecule has 0 aliphatic rings. The first-order valence-corrected chi connectivity index (χ1v) is 7.91. The maximum Gasteiger partial charge on any atom is 0.245 e. The molecule has 114 valence electrons. The number of hydrogen-bond donors (Lipinski definition) is 3. The summed E-state index contributed by atoms with van der Waals surface area (Å²) in [5, 5.41) is 2.94. The lowest BCUT2D eigenvalue weighted by atomic mass is 10.2. The molecule has 8 heteroatoms. The van der Waals surface area contributed by atoms with Gasteiger partial charge in [-0.1, -0.05) is 6.92 Å². The fraction of sp³-hybridized carbons (Fsp3) is 0.308. The Bertz CT molecular complexity index is 767. The van der Waals surface area contributed by atoms with E-state index in [1.165, 1.54) is 13.2 Å². The van der Waals surface area contributed by atoms with Gasteiger partial charge in [0.1, 0.15) is 4.90 Å². The molecule has 1 heterocycles. The third-order valence-electron chi connectivity index (χ3n) is 3.24. The van der Waals surface area contributed by atoms with Gasteiger partial charge in [-0.15, -0.1) is 0 Å². The smallest absolute Gasteiger partial charge is 0.245 e. The predicted molar refractivity (Wildman–Crippen MR) is 81.2 cm³/mol. The van der Waals surface area contributed by atoms with E-state index in [9.17, 15) is 13.2 Å². The van der Waals surface area contributed by atoms with E-state index < -0.39 is 10.0 Å². The summed E-state index contributed by atoms with van der Waals surface area (Å²) >= 11 is 0. The number of hydrogen-bond acceptors (Lipinski definition) is 4. The minimum Gasteiger partial charge on any atom is -0.399 e. The zero-order chi connectivity index (χ0) is 15.6. The number of nitrogens with zero attached hydrogens (tertiary/aromatic N) is 1. The molecule has 4 N–H and O–H groups in total. The van der Waals surface area contributed by atoms with Crippen LogP contribution in [-0.4, -0.2) is 43.8 Å². The molecule has 1 amide bonds. The van der Waals surface area contributed by atoms with Gasteiger partial charge in [-0.25, -0.2) is 8.42 Å². The van der Waals surface area contributed by atoms with E-state index >= 15 is 0 Å². The molecule has 0 aliphatic carbocycles. The molecule has 0 radical (unpaired) electrons. The molecule has 0 saturated heterocycles. The fourth-order valence-corrected chi connectivity index (χ4v) is 3.63. The molecule has 0 saturated carbocycles. The largest absolute Gasteiger partial charge is 0.399 e. The average molecular weight is 310 g/mol. The lowest BCUT2D eigenvalue weighted by molar-refractivity contribution is -0.120. The number of carbonyl (C=O) groups excluding carboxylic acids is 1. The van der Waals surface area contributed by atoms with Crippen molar-refractivity contribution >= 4 is 32.5 Å². The second kappa shape index (κ2) is 5.74. The van der Waals surface area contributed by atoms with Gasteiger partial charge in [0.25, 0.3) is 0 Å². The van der Waals surface area contributed by atoms with Crippen molar-refractivity contribution in [3.63, 3.8) is 0 Å². The summed E-state index contributed by atoms with van der Waals surface area (Å²) in [4.78, 5) is 14.5. The van der Waals surface area contributed by atoms with Gasteiger partial charge >= 0.3 is 0 Å². The van der Waals surface area contributed by atoms with E-state index in [0.717, 1.165) is 4.31 Å². The lowest BCUT2D eigenvalue weighted by Gasteiger charge is -2.19. The van der Waals surface area contributed by atoms with Crippen LogP contribution in [0.1, 0.15) is 6.92 Å². The summed E-state index contributed by atoms with van der Waals surface area (Å²) in [6.45, 7) is 1.67. The number of rotatable bonds is 5.